The molecule has 2 aromatic carbocycles. The average molecular weight is 416 g/mol. The smallest absolute Gasteiger partial charge is 0.283 e. The summed E-state index contributed by atoms with van der Waals surface area (Å²) < 4.78 is 21.6. The van der Waals surface area contributed by atoms with Crippen LogP contribution in [0.3, 0.4) is 0 Å². The molecule has 9 heteroatoms. The number of aromatic nitrogens is 6. The molecule has 0 amide bonds. The van der Waals surface area contributed by atoms with Gasteiger partial charge in [-0.25, -0.2) is 9.37 Å². The van der Waals surface area contributed by atoms with Crippen LogP contribution in [0.1, 0.15) is 5.56 Å². The average Bonchev–Trinajstić information content (AvgIpc) is 3.24. The molecule has 0 fully saturated rings. The molecule has 0 saturated carbocycles. The third kappa shape index (κ3) is 3.29. The third-order valence-corrected chi connectivity index (χ3v) is 5.15. The fourth-order valence-corrected chi connectivity index (χ4v) is 3.55. The zero-order chi connectivity index (χ0) is 21.4. The van der Waals surface area contributed by atoms with Crippen molar-refractivity contribution in [2.24, 2.45) is 0 Å². The van der Waals surface area contributed by atoms with E-state index in [0.717, 1.165) is 16.9 Å². The Morgan fingerprint density at radius 1 is 1.03 bits per heavy atom. The van der Waals surface area contributed by atoms with E-state index in [1.807, 2.05) is 24.3 Å². The normalized spacial score (nSPS) is 11.3. The van der Waals surface area contributed by atoms with Gasteiger partial charge in [-0.05, 0) is 35.7 Å². The Kier molecular flexibility index (Phi) is 4.62. The van der Waals surface area contributed by atoms with Crippen molar-refractivity contribution >= 4 is 16.8 Å². The molecule has 5 rings (SSSR count). The van der Waals surface area contributed by atoms with Crippen LogP contribution in [0, 0.1) is 5.82 Å². The maximum absolute atomic E-state index is 13.2. The Bertz CT molecular complexity index is 1460. The van der Waals surface area contributed by atoms with Crippen molar-refractivity contribution in [1.29, 1.82) is 0 Å². The topological polar surface area (TPSA) is 87.2 Å². The van der Waals surface area contributed by atoms with Crippen LogP contribution in [0.25, 0.3) is 27.9 Å². The number of benzene rings is 2. The predicted octanol–water partition coefficient (Wildman–Crippen LogP) is 2.89. The van der Waals surface area contributed by atoms with E-state index < -0.39 is 0 Å². The van der Waals surface area contributed by atoms with Crippen molar-refractivity contribution in [2.75, 3.05) is 7.11 Å². The van der Waals surface area contributed by atoms with Crippen LogP contribution in [0.5, 0.6) is 5.75 Å². The summed E-state index contributed by atoms with van der Waals surface area (Å²) in [5.74, 6) is 0.447. The van der Waals surface area contributed by atoms with Crippen molar-refractivity contribution in [1.82, 2.24) is 29.4 Å². The molecule has 5 aromatic rings. The summed E-state index contributed by atoms with van der Waals surface area (Å²) in [7, 11) is 1.62. The molecule has 0 aliphatic rings. The molecular weight excluding hydrogens is 399 g/mol. The van der Waals surface area contributed by atoms with Crippen LogP contribution < -0.4 is 10.3 Å². The second kappa shape index (κ2) is 7.60. The fourth-order valence-electron chi connectivity index (χ4n) is 3.55. The van der Waals surface area contributed by atoms with Gasteiger partial charge in [0.15, 0.2) is 16.8 Å². The summed E-state index contributed by atoms with van der Waals surface area (Å²) in [6.07, 6.45) is 3.69. The first-order chi connectivity index (χ1) is 15.2. The van der Waals surface area contributed by atoms with Crippen LogP contribution in [0.2, 0.25) is 0 Å². The van der Waals surface area contributed by atoms with E-state index in [2.05, 4.69) is 20.3 Å². The molecule has 0 unspecified atom stereocenters. The van der Waals surface area contributed by atoms with Gasteiger partial charge in [0.2, 0.25) is 0 Å². The number of methoxy groups -OCH3 is 1. The molecule has 0 atom stereocenters. The van der Waals surface area contributed by atoms with E-state index in [4.69, 9.17) is 4.74 Å². The molecule has 0 spiro atoms. The molecule has 8 nitrogen and oxygen atoms in total. The number of rotatable bonds is 5. The van der Waals surface area contributed by atoms with Crippen molar-refractivity contribution in [2.45, 2.75) is 13.0 Å². The minimum Gasteiger partial charge on any atom is -0.496 e. The number of aryl methyl sites for hydroxylation is 2. The van der Waals surface area contributed by atoms with Crippen LogP contribution in [0.4, 0.5) is 4.39 Å². The highest BCUT2D eigenvalue weighted by molar-refractivity contribution is 5.80. The lowest BCUT2D eigenvalue weighted by atomic mass is 10.1. The highest BCUT2D eigenvalue weighted by Gasteiger charge is 2.15. The summed E-state index contributed by atoms with van der Waals surface area (Å²) in [5.41, 5.74) is 3.01. The summed E-state index contributed by atoms with van der Waals surface area (Å²) in [6, 6.07) is 13.7. The molecule has 0 N–H and O–H groups in total. The minimum atomic E-state index is -0.327. The van der Waals surface area contributed by atoms with Crippen LogP contribution >= 0.6 is 0 Å². The van der Waals surface area contributed by atoms with E-state index in [1.165, 1.54) is 27.5 Å². The second-order valence-electron chi connectivity index (χ2n) is 6.98. The number of nitrogens with zero attached hydrogens (tertiary/aromatic N) is 6. The lowest BCUT2D eigenvalue weighted by molar-refractivity contribution is 0.408. The number of ether oxygens (including phenoxy) is 1. The molecule has 0 radical (unpaired) electrons. The highest BCUT2D eigenvalue weighted by Crippen LogP contribution is 2.24. The Morgan fingerprint density at radius 3 is 2.65 bits per heavy atom. The van der Waals surface area contributed by atoms with Crippen molar-refractivity contribution in [3.8, 4) is 16.9 Å². The number of hydrogen-bond donors (Lipinski definition) is 0. The first-order valence-electron chi connectivity index (χ1n) is 9.63. The maximum Gasteiger partial charge on any atom is 0.283 e. The molecule has 3 heterocycles. The predicted molar refractivity (Wildman–Crippen MR) is 112 cm³/mol. The van der Waals surface area contributed by atoms with Crippen molar-refractivity contribution in [3.63, 3.8) is 0 Å². The molecule has 31 heavy (non-hydrogen) atoms. The Labute approximate surface area is 175 Å². The van der Waals surface area contributed by atoms with Gasteiger partial charge in [-0.1, -0.05) is 30.3 Å². The van der Waals surface area contributed by atoms with Gasteiger partial charge < -0.3 is 4.74 Å². The number of para-hydroxylation sites is 1. The number of fused-ring (bicyclic) bond motifs is 3. The standard InChI is InChI=1S/C22H17FN6O2/c1-31-18-5-3-2-4-15(18)10-11-28-13-24-21-19(22(28)30)26-27-20-17(12-25-29(20)21)14-6-8-16(23)9-7-14/h2-9,12-13H,10-11H2,1H3. The monoisotopic (exact) mass is 416 g/mol. The van der Waals surface area contributed by atoms with Crippen molar-refractivity contribution < 1.29 is 9.13 Å². The number of hydrogen-bond acceptors (Lipinski definition) is 6. The first-order valence-corrected chi connectivity index (χ1v) is 9.63. The second-order valence-corrected chi connectivity index (χ2v) is 6.98. The van der Waals surface area contributed by atoms with Gasteiger partial charge in [0.05, 0.1) is 13.3 Å². The fraction of sp³-hybridized carbons (Fsp3) is 0.136. The quantitative estimate of drug-likeness (QED) is 0.438. The van der Waals surface area contributed by atoms with Crippen LogP contribution in [-0.4, -0.2) is 36.5 Å². The SMILES string of the molecule is COc1ccccc1CCn1cnc2c(nnc3c(-c4ccc(F)cc4)cnn32)c1=O. The van der Waals surface area contributed by atoms with E-state index in [0.29, 0.717) is 29.8 Å². The van der Waals surface area contributed by atoms with Crippen LogP contribution in [0.15, 0.2) is 65.8 Å². The summed E-state index contributed by atoms with van der Waals surface area (Å²) in [6.45, 7) is 0.418. The van der Waals surface area contributed by atoms with Gasteiger partial charge in [-0.15, -0.1) is 10.2 Å². The number of halogens is 1. The molecule has 0 aliphatic heterocycles. The van der Waals surface area contributed by atoms with Gasteiger partial charge in [-0.3, -0.25) is 9.36 Å². The maximum atomic E-state index is 13.2. The minimum absolute atomic E-state index is 0.129. The van der Waals surface area contributed by atoms with E-state index in [-0.39, 0.29) is 16.9 Å². The molecule has 0 saturated heterocycles. The van der Waals surface area contributed by atoms with Gasteiger partial charge in [0, 0.05) is 12.1 Å². The Hall–Kier alpha value is -4.14. The first kappa shape index (κ1) is 18.9. The molecule has 154 valence electrons. The summed E-state index contributed by atoms with van der Waals surface area (Å²) in [5, 5.41) is 12.7. The zero-order valence-corrected chi connectivity index (χ0v) is 16.6. The van der Waals surface area contributed by atoms with Crippen molar-refractivity contribution in [3.05, 3.63) is 82.8 Å². The van der Waals surface area contributed by atoms with E-state index in [1.54, 1.807) is 25.4 Å². The van der Waals surface area contributed by atoms with Gasteiger partial charge in [0.1, 0.15) is 17.9 Å². The molecule has 0 bridgehead atoms. The Morgan fingerprint density at radius 2 is 1.84 bits per heavy atom. The summed E-state index contributed by atoms with van der Waals surface area (Å²) in [4.78, 5) is 17.4. The van der Waals surface area contributed by atoms with Gasteiger partial charge in [0.25, 0.3) is 5.56 Å². The summed E-state index contributed by atoms with van der Waals surface area (Å²) >= 11 is 0. The molecule has 3 aromatic heterocycles. The Balaban J connectivity index is 1.52. The van der Waals surface area contributed by atoms with Gasteiger partial charge in [-0.2, -0.15) is 9.61 Å². The lowest BCUT2D eigenvalue weighted by Crippen LogP contribution is -2.24. The van der Waals surface area contributed by atoms with Crippen LogP contribution in [-0.2, 0) is 13.0 Å². The molecular formula is C22H17FN6O2. The molecule has 0 aliphatic carbocycles. The van der Waals surface area contributed by atoms with E-state index >= 15 is 0 Å². The van der Waals surface area contributed by atoms with E-state index in [9.17, 15) is 9.18 Å². The third-order valence-electron chi connectivity index (χ3n) is 5.15. The lowest BCUT2D eigenvalue weighted by Gasteiger charge is -2.10. The highest BCUT2D eigenvalue weighted by atomic mass is 19.1. The largest absolute Gasteiger partial charge is 0.496 e. The zero-order valence-electron chi connectivity index (χ0n) is 16.6. The van der Waals surface area contributed by atoms with Gasteiger partial charge >= 0.3 is 0 Å².